The predicted molar refractivity (Wildman–Crippen MR) is 50.0 cm³/mol. The van der Waals surface area contributed by atoms with Crippen LogP contribution in [0.25, 0.3) is 0 Å². The Hall–Kier alpha value is 0.190. The van der Waals surface area contributed by atoms with E-state index in [1.807, 2.05) is 13.3 Å². The lowest BCUT2D eigenvalue weighted by Gasteiger charge is -2.11. The van der Waals surface area contributed by atoms with Crippen molar-refractivity contribution in [2.45, 2.75) is 25.3 Å². The molecule has 0 bridgehead atoms. The summed E-state index contributed by atoms with van der Waals surface area (Å²) in [5.41, 5.74) is 0. The second-order valence-electron chi connectivity index (χ2n) is 3.88. The van der Waals surface area contributed by atoms with Gasteiger partial charge in [-0.15, -0.1) is 0 Å². The summed E-state index contributed by atoms with van der Waals surface area (Å²) in [6, 6.07) is 0.656. The van der Waals surface area contributed by atoms with Crippen molar-refractivity contribution in [2.24, 2.45) is 0 Å². The topological polar surface area (TPSA) is 29.1 Å². The van der Waals surface area contributed by atoms with E-state index < -0.39 is 7.14 Å². The molecule has 1 atom stereocenters. The van der Waals surface area contributed by atoms with Crippen LogP contribution in [0.1, 0.15) is 19.3 Å². The molecule has 1 N–H and O–H groups in total. The van der Waals surface area contributed by atoms with Crippen molar-refractivity contribution in [3.8, 4) is 0 Å². The van der Waals surface area contributed by atoms with Crippen molar-refractivity contribution in [1.82, 2.24) is 5.32 Å². The van der Waals surface area contributed by atoms with Crippen LogP contribution in [0.15, 0.2) is 0 Å². The Morgan fingerprint density at radius 3 is 2.73 bits per heavy atom. The summed E-state index contributed by atoms with van der Waals surface area (Å²) in [7, 11) is -1.76. The molecule has 1 rings (SSSR count). The quantitative estimate of drug-likeness (QED) is 0.662. The maximum atomic E-state index is 11.3. The molecular formula is C8H18NOP. The Morgan fingerprint density at radius 2 is 2.27 bits per heavy atom. The van der Waals surface area contributed by atoms with E-state index in [1.165, 1.54) is 12.8 Å². The maximum absolute atomic E-state index is 11.3. The smallest absolute Gasteiger partial charge is 0.0819 e. The Morgan fingerprint density at radius 1 is 1.55 bits per heavy atom. The first-order valence-corrected chi connectivity index (χ1v) is 7.14. The second-order valence-corrected chi connectivity index (χ2v) is 7.47. The first kappa shape index (κ1) is 9.28. The summed E-state index contributed by atoms with van der Waals surface area (Å²) < 4.78 is 11.3. The molecule has 0 aromatic heterocycles. The third-order valence-corrected chi connectivity index (χ3v) is 3.51. The highest BCUT2D eigenvalue weighted by atomic mass is 31.2. The third kappa shape index (κ3) is 3.93. The van der Waals surface area contributed by atoms with Crippen LogP contribution in [-0.2, 0) is 4.57 Å². The largest absolute Gasteiger partial charge is 0.324 e. The molecular weight excluding hydrogens is 157 g/mol. The lowest BCUT2D eigenvalue weighted by molar-refractivity contribution is 0.560. The van der Waals surface area contributed by atoms with Gasteiger partial charge in [0.1, 0.15) is 0 Å². The Bertz CT molecular complexity index is 157. The summed E-state index contributed by atoms with van der Waals surface area (Å²) in [5.74, 6) is 0. The van der Waals surface area contributed by atoms with Crippen molar-refractivity contribution < 1.29 is 4.57 Å². The van der Waals surface area contributed by atoms with Gasteiger partial charge >= 0.3 is 0 Å². The summed E-state index contributed by atoms with van der Waals surface area (Å²) in [4.78, 5) is 0. The van der Waals surface area contributed by atoms with Crippen molar-refractivity contribution in [2.75, 3.05) is 26.0 Å². The highest BCUT2D eigenvalue weighted by Gasteiger charge is 2.16. The van der Waals surface area contributed by atoms with E-state index in [0.29, 0.717) is 6.04 Å². The van der Waals surface area contributed by atoms with Crippen LogP contribution in [0.3, 0.4) is 0 Å². The van der Waals surface area contributed by atoms with Gasteiger partial charge in [-0.2, -0.15) is 0 Å². The van der Waals surface area contributed by atoms with Gasteiger partial charge in [0.15, 0.2) is 0 Å². The fourth-order valence-corrected chi connectivity index (χ4v) is 2.40. The van der Waals surface area contributed by atoms with Gasteiger partial charge in [-0.1, -0.05) is 0 Å². The van der Waals surface area contributed by atoms with Gasteiger partial charge in [0, 0.05) is 12.2 Å². The van der Waals surface area contributed by atoms with Gasteiger partial charge in [-0.3, -0.25) is 0 Å². The molecule has 1 aliphatic rings. The standard InChI is InChI=1S/C8H18NOP/c1-11(2,10)7-5-8-4-3-6-9-8/h8-9H,3-7H2,1-2H3. The number of hydrogen-bond donors (Lipinski definition) is 1. The van der Waals surface area contributed by atoms with E-state index in [0.717, 1.165) is 19.1 Å². The molecule has 0 spiro atoms. The Balaban J connectivity index is 2.16. The number of hydrogen-bond acceptors (Lipinski definition) is 2. The summed E-state index contributed by atoms with van der Waals surface area (Å²) >= 11 is 0. The Kier molecular flexibility index (Phi) is 3.15. The first-order chi connectivity index (χ1) is 5.08. The second kappa shape index (κ2) is 3.73. The summed E-state index contributed by atoms with van der Waals surface area (Å²) in [5, 5.41) is 3.41. The van der Waals surface area contributed by atoms with E-state index in [4.69, 9.17) is 0 Å². The third-order valence-electron chi connectivity index (χ3n) is 2.18. The number of nitrogens with one attached hydrogen (secondary N) is 1. The average molecular weight is 175 g/mol. The minimum absolute atomic E-state index is 0.656. The molecule has 0 radical (unpaired) electrons. The highest BCUT2D eigenvalue weighted by Crippen LogP contribution is 2.37. The zero-order valence-electron chi connectivity index (χ0n) is 7.47. The average Bonchev–Trinajstić information content (AvgIpc) is 2.32. The SMILES string of the molecule is CP(C)(=O)CCC1CCCN1. The molecule has 0 aliphatic carbocycles. The fraction of sp³-hybridized carbons (Fsp3) is 1.00. The van der Waals surface area contributed by atoms with Gasteiger partial charge in [0.05, 0.1) is 7.14 Å². The zero-order chi connectivity index (χ0) is 8.32. The Labute approximate surface area is 69.1 Å². The molecule has 11 heavy (non-hydrogen) atoms. The van der Waals surface area contributed by atoms with Crippen LogP contribution in [0.5, 0.6) is 0 Å². The first-order valence-electron chi connectivity index (χ1n) is 4.35. The molecule has 3 heteroatoms. The molecule has 0 amide bonds. The van der Waals surface area contributed by atoms with Crippen LogP contribution in [-0.4, -0.2) is 32.1 Å². The van der Waals surface area contributed by atoms with Gasteiger partial charge in [-0.25, -0.2) is 0 Å². The molecule has 1 heterocycles. The van der Waals surface area contributed by atoms with Crippen molar-refractivity contribution >= 4 is 7.14 Å². The highest BCUT2D eigenvalue weighted by molar-refractivity contribution is 7.62. The van der Waals surface area contributed by atoms with E-state index in [1.54, 1.807) is 0 Å². The van der Waals surface area contributed by atoms with Crippen molar-refractivity contribution in [1.29, 1.82) is 0 Å². The van der Waals surface area contributed by atoms with Crippen molar-refractivity contribution in [3.05, 3.63) is 0 Å². The minimum atomic E-state index is -1.76. The molecule has 2 nitrogen and oxygen atoms in total. The van der Waals surface area contributed by atoms with Gasteiger partial charge < -0.3 is 9.88 Å². The molecule has 0 saturated carbocycles. The van der Waals surface area contributed by atoms with Crippen molar-refractivity contribution in [3.63, 3.8) is 0 Å². The lowest BCUT2D eigenvalue weighted by Crippen LogP contribution is -2.22. The van der Waals surface area contributed by atoms with Crippen LogP contribution in [0.2, 0.25) is 0 Å². The predicted octanol–water partition coefficient (Wildman–Crippen LogP) is 1.75. The van der Waals surface area contributed by atoms with Crippen LogP contribution in [0, 0.1) is 0 Å². The molecule has 1 saturated heterocycles. The van der Waals surface area contributed by atoms with E-state index in [-0.39, 0.29) is 0 Å². The molecule has 1 fully saturated rings. The summed E-state index contributed by atoms with van der Waals surface area (Å²) in [6.07, 6.45) is 4.58. The fourth-order valence-electron chi connectivity index (χ4n) is 1.47. The van der Waals surface area contributed by atoms with E-state index in [9.17, 15) is 4.57 Å². The van der Waals surface area contributed by atoms with Gasteiger partial charge in [0.2, 0.25) is 0 Å². The normalized spacial score (nSPS) is 25.8. The molecule has 0 aromatic carbocycles. The molecule has 1 unspecified atom stereocenters. The monoisotopic (exact) mass is 175 g/mol. The van der Waals surface area contributed by atoms with E-state index >= 15 is 0 Å². The molecule has 1 aliphatic heterocycles. The molecule has 0 aromatic rings. The van der Waals surface area contributed by atoms with Crippen LogP contribution >= 0.6 is 7.14 Å². The van der Waals surface area contributed by atoms with Crippen LogP contribution in [0.4, 0.5) is 0 Å². The molecule has 66 valence electrons. The lowest BCUT2D eigenvalue weighted by atomic mass is 10.2. The zero-order valence-corrected chi connectivity index (χ0v) is 8.36. The maximum Gasteiger partial charge on any atom is 0.0819 e. The van der Waals surface area contributed by atoms with Gasteiger partial charge in [0.25, 0.3) is 0 Å². The van der Waals surface area contributed by atoms with Crippen LogP contribution < -0.4 is 5.32 Å². The van der Waals surface area contributed by atoms with E-state index in [2.05, 4.69) is 5.32 Å². The number of rotatable bonds is 3. The van der Waals surface area contributed by atoms with Gasteiger partial charge in [-0.05, 0) is 39.1 Å². The minimum Gasteiger partial charge on any atom is -0.324 e. The summed E-state index contributed by atoms with van der Waals surface area (Å²) in [6.45, 7) is 4.91.